The first-order valence-corrected chi connectivity index (χ1v) is 4.00. The molecule has 6 nitrogen and oxygen atoms in total. The number of barbiturate groups is 1. The number of imide groups is 2. The second-order valence-electron chi connectivity index (χ2n) is 1.76. The summed E-state index contributed by atoms with van der Waals surface area (Å²) in [6.45, 7) is 0. The molecule has 0 aromatic carbocycles. The molecular weight excluding hydrogens is 259 g/mol. The third-order valence-electron chi connectivity index (χ3n) is 1.06. The molecule has 1 rings (SSSR count). The molecule has 56 valence electrons. The van der Waals surface area contributed by atoms with E-state index in [9.17, 15) is 19.2 Å². The van der Waals surface area contributed by atoms with Crippen molar-refractivity contribution in [2.75, 3.05) is 0 Å². The van der Waals surface area contributed by atoms with Crippen molar-refractivity contribution in [1.29, 1.82) is 0 Å². The number of Topliss-reactive ketones (excluding diaryl/α,β-unsaturated/α-hetero) is 1. The van der Waals surface area contributed by atoms with Crippen LogP contribution in [0.4, 0.5) is 4.79 Å². The van der Waals surface area contributed by atoms with Gasteiger partial charge in [0, 0.05) is 0 Å². The maximum atomic E-state index is 10.7. The molecule has 1 aliphatic rings. The molecule has 0 atom stereocenters. The molecule has 1 saturated heterocycles. The third kappa shape index (κ3) is 1.25. The van der Waals surface area contributed by atoms with Crippen molar-refractivity contribution in [3.63, 3.8) is 0 Å². The van der Waals surface area contributed by atoms with Crippen LogP contribution in [-0.4, -0.2) is 49.5 Å². The van der Waals surface area contributed by atoms with Crippen LogP contribution in [0.3, 0.4) is 0 Å². The monoisotopic (exact) mass is 262 g/mol. The summed E-state index contributed by atoms with van der Waals surface area (Å²) >= 11 is 0.162. The summed E-state index contributed by atoms with van der Waals surface area (Å²) in [5, 5.41) is 1.72. The average Bonchev–Trinajstić information content (AvgIpc) is 1.97. The van der Waals surface area contributed by atoms with Gasteiger partial charge in [0.15, 0.2) is 0 Å². The van der Waals surface area contributed by atoms with Crippen LogP contribution >= 0.6 is 0 Å². The Balaban J connectivity index is 2.96. The molecule has 4 amide bonds. The molecule has 0 saturated carbocycles. The van der Waals surface area contributed by atoms with Gasteiger partial charge in [-0.1, -0.05) is 0 Å². The van der Waals surface area contributed by atoms with E-state index < -0.39 is 23.6 Å². The van der Waals surface area contributed by atoms with Crippen LogP contribution in [0.1, 0.15) is 0 Å². The molecule has 2 radical (unpaired) electrons. The zero-order valence-corrected chi connectivity index (χ0v) is 8.45. The van der Waals surface area contributed by atoms with E-state index in [1.807, 2.05) is 0 Å². The Kier molecular flexibility index (Phi) is 1.94. The average molecular weight is 261 g/mol. The molecule has 7 heteroatoms. The van der Waals surface area contributed by atoms with Crippen LogP contribution in [0.15, 0.2) is 0 Å². The van der Waals surface area contributed by atoms with Crippen molar-refractivity contribution in [2.45, 2.75) is 0 Å². The quantitative estimate of drug-likeness (QED) is 0.384. The van der Waals surface area contributed by atoms with Crippen LogP contribution in [0, 0.1) is 0 Å². The van der Waals surface area contributed by atoms with Crippen LogP contribution in [-0.2, 0) is 14.4 Å². The molecule has 11 heavy (non-hydrogen) atoms. The summed E-state index contributed by atoms with van der Waals surface area (Å²) in [6.07, 6.45) is 0. The van der Waals surface area contributed by atoms with Gasteiger partial charge in [0.1, 0.15) is 0 Å². The van der Waals surface area contributed by atoms with Gasteiger partial charge in [-0.3, -0.25) is 0 Å². The van der Waals surface area contributed by atoms with Gasteiger partial charge in [-0.2, -0.15) is 0 Å². The number of hydrogen-bond donors (Lipinski definition) is 1. The van der Waals surface area contributed by atoms with Crippen molar-refractivity contribution in [2.24, 2.45) is 0 Å². The molecule has 1 aliphatic heterocycles. The zero-order chi connectivity index (χ0) is 8.59. The summed E-state index contributed by atoms with van der Waals surface area (Å²) in [5.41, 5.74) is 0. The number of urea groups is 1. The second kappa shape index (κ2) is 2.61. The van der Waals surface area contributed by atoms with Gasteiger partial charge < -0.3 is 0 Å². The molecule has 0 spiro atoms. The SMILES string of the molecule is O=C1NC(=O)[N]([SnH])C(=O)C1=O. The summed E-state index contributed by atoms with van der Waals surface area (Å²) in [6, 6.07) is -0.818. The number of rotatable bonds is 0. The van der Waals surface area contributed by atoms with Crippen molar-refractivity contribution >= 4 is 46.4 Å². The summed E-state index contributed by atoms with van der Waals surface area (Å²) in [4.78, 5) is 42.3. The number of carbonyl (C=O) groups excluding carboxylic acids is 4. The fourth-order valence-electron chi connectivity index (χ4n) is 0.513. The maximum absolute atomic E-state index is 10.7. The van der Waals surface area contributed by atoms with Crippen LogP contribution in [0.2, 0.25) is 0 Å². The summed E-state index contributed by atoms with van der Waals surface area (Å²) < 4.78 is 0.675. The van der Waals surface area contributed by atoms with Crippen molar-refractivity contribution < 1.29 is 19.2 Å². The molecule has 0 aromatic heterocycles. The number of nitrogens with zero attached hydrogens (tertiary/aromatic N) is 1. The Morgan fingerprint density at radius 1 is 1.18 bits per heavy atom. The van der Waals surface area contributed by atoms with Gasteiger partial charge in [-0.05, 0) is 0 Å². The standard InChI is InChI=1S/C4H2N2O4.Sn.H/c7-1-2(8)5-4(10)6-3(1)9;;/h(H2,5,6,8,9,10);;/q;+1;/p-1. The Bertz CT molecular complexity index is 273. The van der Waals surface area contributed by atoms with E-state index in [0.29, 0.717) is 3.12 Å². The fourth-order valence-corrected chi connectivity index (χ4v) is 1.03. The molecule has 1 fully saturated rings. The molecule has 0 unspecified atom stereocenters. The van der Waals surface area contributed by atoms with Gasteiger partial charge in [0.2, 0.25) is 0 Å². The van der Waals surface area contributed by atoms with Gasteiger partial charge in [-0.15, -0.1) is 0 Å². The molecule has 0 bridgehead atoms. The van der Waals surface area contributed by atoms with E-state index in [-0.39, 0.29) is 22.8 Å². The Hall–Kier alpha value is -0.921. The van der Waals surface area contributed by atoms with E-state index in [2.05, 4.69) is 0 Å². The van der Waals surface area contributed by atoms with Crippen LogP contribution < -0.4 is 5.32 Å². The normalized spacial score (nSPS) is 18.8. The first-order chi connectivity index (χ1) is 5.04. The zero-order valence-electron chi connectivity index (χ0n) is 5.16. The third-order valence-corrected chi connectivity index (χ3v) is 2.40. The number of hydrogen-bond acceptors (Lipinski definition) is 4. The predicted molar refractivity (Wildman–Crippen MR) is 32.5 cm³/mol. The molecule has 1 N–H and O–H groups in total. The Morgan fingerprint density at radius 2 is 1.73 bits per heavy atom. The second-order valence-corrected chi connectivity index (χ2v) is 3.24. The van der Waals surface area contributed by atoms with Crippen LogP contribution in [0.5, 0.6) is 0 Å². The summed E-state index contributed by atoms with van der Waals surface area (Å²) in [7, 11) is 0. The minimum absolute atomic E-state index is 0.162. The van der Waals surface area contributed by atoms with Gasteiger partial charge in [0.25, 0.3) is 0 Å². The molecule has 0 aromatic rings. The summed E-state index contributed by atoms with van der Waals surface area (Å²) in [5.74, 6) is -3.37. The van der Waals surface area contributed by atoms with E-state index >= 15 is 0 Å². The van der Waals surface area contributed by atoms with E-state index in [1.54, 1.807) is 5.32 Å². The molecule has 1 heterocycles. The number of carbonyl (C=O) groups is 4. The van der Waals surface area contributed by atoms with Crippen molar-refractivity contribution in [3.05, 3.63) is 0 Å². The number of ketones is 1. The van der Waals surface area contributed by atoms with Gasteiger partial charge in [0.05, 0.1) is 0 Å². The van der Waals surface area contributed by atoms with Gasteiger partial charge in [-0.25, -0.2) is 0 Å². The Morgan fingerprint density at radius 3 is 2.27 bits per heavy atom. The number of amides is 4. The van der Waals surface area contributed by atoms with Gasteiger partial charge >= 0.3 is 74.0 Å². The van der Waals surface area contributed by atoms with Crippen molar-refractivity contribution in [3.8, 4) is 0 Å². The Labute approximate surface area is 74.3 Å². The number of nitrogens with one attached hydrogen (secondary N) is 1. The minimum atomic E-state index is -1.18. The topological polar surface area (TPSA) is 83.6 Å². The van der Waals surface area contributed by atoms with E-state index in [4.69, 9.17) is 0 Å². The first kappa shape index (κ1) is 8.18. The predicted octanol–water partition coefficient (Wildman–Crippen LogP) is -2.55. The van der Waals surface area contributed by atoms with E-state index in [0.717, 1.165) is 0 Å². The molecule has 0 aliphatic carbocycles. The first-order valence-electron chi connectivity index (χ1n) is 2.52. The van der Waals surface area contributed by atoms with Crippen molar-refractivity contribution in [1.82, 2.24) is 8.44 Å². The fraction of sp³-hybridized carbons (Fsp3) is 0. The van der Waals surface area contributed by atoms with Crippen LogP contribution in [0.25, 0.3) is 0 Å². The molecular formula is C4H2N2O4Sn. The van der Waals surface area contributed by atoms with E-state index in [1.165, 1.54) is 0 Å².